The fourth-order valence-electron chi connectivity index (χ4n) is 9.68. The van der Waals surface area contributed by atoms with Crippen molar-refractivity contribution < 1.29 is 28.6 Å². The molecule has 0 N–H and O–H groups in total. The Bertz CT molecular complexity index is 1700. The summed E-state index contributed by atoms with van der Waals surface area (Å²) in [5, 5.41) is 0. The van der Waals surface area contributed by atoms with Crippen LogP contribution in [-0.4, -0.2) is 37.2 Å². The second-order valence-corrected chi connectivity index (χ2v) is 23.1. The number of hydrogen-bond acceptors (Lipinski definition) is 6. The molecule has 0 aromatic rings. The molecule has 0 saturated heterocycles. The minimum Gasteiger partial charge on any atom is -0.462 e. The fourth-order valence-corrected chi connectivity index (χ4v) is 9.68. The number of esters is 3. The van der Waals surface area contributed by atoms with Gasteiger partial charge in [-0.05, 0) is 135 Å². The van der Waals surface area contributed by atoms with Crippen molar-refractivity contribution in [2.75, 3.05) is 13.2 Å². The lowest BCUT2D eigenvalue weighted by atomic mass is 10.0. The van der Waals surface area contributed by atoms with E-state index < -0.39 is 6.10 Å². The zero-order valence-corrected chi connectivity index (χ0v) is 54.4. The van der Waals surface area contributed by atoms with Crippen LogP contribution >= 0.6 is 0 Å². The summed E-state index contributed by atoms with van der Waals surface area (Å²) in [5.41, 5.74) is 0. The number of carbonyl (C=O) groups is 3. The molecular weight excluding hydrogens is 1020 g/mol. The predicted molar refractivity (Wildman–Crippen MR) is 362 cm³/mol. The molecule has 6 nitrogen and oxygen atoms in total. The van der Waals surface area contributed by atoms with E-state index in [0.717, 1.165) is 128 Å². The Labute approximate surface area is 513 Å². The van der Waals surface area contributed by atoms with Crippen LogP contribution in [0.4, 0.5) is 0 Å². The molecule has 0 aliphatic carbocycles. The highest BCUT2D eigenvalue weighted by molar-refractivity contribution is 5.71. The number of ether oxygens (including phenoxy) is 3. The molecule has 6 heteroatoms. The molecule has 83 heavy (non-hydrogen) atoms. The summed E-state index contributed by atoms with van der Waals surface area (Å²) in [4.78, 5) is 38.5. The van der Waals surface area contributed by atoms with Crippen molar-refractivity contribution in [1.82, 2.24) is 0 Å². The van der Waals surface area contributed by atoms with Crippen LogP contribution in [0, 0.1) is 0 Å². The van der Waals surface area contributed by atoms with E-state index in [9.17, 15) is 14.4 Å². The van der Waals surface area contributed by atoms with Crippen molar-refractivity contribution in [3.8, 4) is 0 Å². The Morgan fingerprint density at radius 2 is 0.470 bits per heavy atom. The van der Waals surface area contributed by atoms with Gasteiger partial charge in [0.25, 0.3) is 0 Å². The Morgan fingerprint density at radius 1 is 0.253 bits per heavy atom. The molecular formula is C77H130O6. The van der Waals surface area contributed by atoms with Crippen LogP contribution in [0.15, 0.2) is 122 Å². The monoisotopic (exact) mass is 1150 g/mol. The van der Waals surface area contributed by atoms with Crippen molar-refractivity contribution >= 4 is 17.9 Å². The van der Waals surface area contributed by atoms with Gasteiger partial charge in [-0.1, -0.05) is 296 Å². The van der Waals surface area contributed by atoms with Crippen LogP contribution < -0.4 is 0 Å². The van der Waals surface area contributed by atoms with E-state index in [-0.39, 0.29) is 31.1 Å². The quantitative estimate of drug-likeness (QED) is 0.0261. The van der Waals surface area contributed by atoms with Gasteiger partial charge in [0.1, 0.15) is 13.2 Å². The lowest BCUT2D eigenvalue weighted by molar-refractivity contribution is -0.167. The topological polar surface area (TPSA) is 78.9 Å². The standard InChI is InChI=1S/C77H130O6/c1-4-7-10-13-16-19-22-25-28-31-34-35-36-37-38-39-40-41-44-46-49-52-55-58-61-64-67-70-76(79)82-73-74(83-77(80)71-68-65-62-59-56-53-50-47-43-33-30-27-24-21-18-15-12-9-6-3)72-81-75(78)69-66-63-60-57-54-51-48-45-42-32-29-26-23-20-17-14-11-8-5-2/h9,12,17-18,20-22,25-27,29-31,34,36-37,42-43,45,47,74H,4-8,10-11,13-16,19,23-24,28,32-33,35,38-41,44,46,48-73H2,1-3H3/b12-9-,20-17-,21-18-,25-22-,29-26-,30-27-,34-31-,37-36-,45-42-,47-43-. The van der Waals surface area contributed by atoms with E-state index in [1.165, 1.54) is 161 Å². The second-order valence-electron chi connectivity index (χ2n) is 23.1. The Hall–Kier alpha value is -4.19. The van der Waals surface area contributed by atoms with E-state index in [1.807, 2.05) is 0 Å². The van der Waals surface area contributed by atoms with Gasteiger partial charge in [0.15, 0.2) is 6.10 Å². The lowest BCUT2D eigenvalue weighted by Gasteiger charge is -2.18. The van der Waals surface area contributed by atoms with E-state index in [4.69, 9.17) is 14.2 Å². The third kappa shape index (κ3) is 68.5. The maximum absolute atomic E-state index is 13.0. The summed E-state index contributed by atoms with van der Waals surface area (Å²) in [6, 6.07) is 0. The first-order valence-electron chi connectivity index (χ1n) is 35.0. The largest absolute Gasteiger partial charge is 0.462 e. The molecule has 0 bridgehead atoms. The SMILES string of the molecule is CC/C=C\C/C=C\C/C=C\C/C=C\CCCCCCCCC(=O)OC(COC(=O)CCCCCCCC/C=C\C/C=C\C/C=C\CCCCC)COC(=O)CCCCCCCCCCCCCC/C=C\C/C=C\C/C=C\CCCCCCC. The van der Waals surface area contributed by atoms with Crippen molar-refractivity contribution in [1.29, 1.82) is 0 Å². The number of carbonyl (C=O) groups excluding carboxylic acids is 3. The minimum atomic E-state index is -0.798. The zero-order chi connectivity index (χ0) is 59.9. The molecule has 0 aromatic heterocycles. The van der Waals surface area contributed by atoms with Crippen LogP contribution in [0.3, 0.4) is 0 Å². The molecule has 1 unspecified atom stereocenters. The van der Waals surface area contributed by atoms with Gasteiger partial charge in [-0.2, -0.15) is 0 Å². The summed E-state index contributed by atoms with van der Waals surface area (Å²) in [6.07, 6.45) is 97.8. The summed E-state index contributed by atoms with van der Waals surface area (Å²) >= 11 is 0. The van der Waals surface area contributed by atoms with Gasteiger partial charge in [0.2, 0.25) is 0 Å². The molecule has 0 aromatic carbocycles. The molecule has 0 spiro atoms. The normalized spacial score (nSPS) is 12.9. The smallest absolute Gasteiger partial charge is 0.306 e. The number of hydrogen-bond donors (Lipinski definition) is 0. The van der Waals surface area contributed by atoms with Crippen LogP contribution in [0.25, 0.3) is 0 Å². The maximum Gasteiger partial charge on any atom is 0.306 e. The first-order chi connectivity index (χ1) is 41.0. The number of unbranched alkanes of at least 4 members (excludes halogenated alkanes) is 32. The third-order valence-corrected chi connectivity index (χ3v) is 14.9. The average Bonchev–Trinajstić information content (AvgIpc) is 3.50. The number of rotatable bonds is 63. The lowest BCUT2D eigenvalue weighted by Crippen LogP contribution is -2.30. The first-order valence-corrected chi connectivity index (χ1v) is 35.0. The second kappa shape index (κ2) is 70.3. The van der Waals surface area contributed by atoms with Gasteiger partial charge in [0.05, 0.1) is 0 Å². The van der Waals surface area contributed by atoms with Gasteiger partial charge in [-0.15, -0.1) is 0 Å². The van der Waals surface area contributed by atoms with Gasteiger partial charge in [0, 0.05) is 19.3 Å². The molecule has 474 valence electrons. The van der Waals surface area contributed by atoms with Crippen molar-refractivity contribution in [3.63, 3.8) is 0 Å². The molecule has 0 heterocycles. The minimum absolute atomic E-state index is 0.0907. The van der Waals surface area contributed by atoms with Crippen LogP contribution in [0.2, 0.25) is 0 Å². The zero-order valence-electron chi connectivity index (χ0n) is 54.4. The fraction of sp³-hybridized carbons (Fsp3) is 0.701. The van der Waals surface area contributed by atoms with Crippen molar-refractivity contribution in [2.24, 2.45) is 0 Å². The van der Waals surface area contributed by atoms with E-state index >= 15 is 0 Å². The number of allylic oxidation sites excluding steroid dienone is 20. The predicted octanol–water partition coefficient (Wildman–Crippen LogP) is 24.3. The highest BCUT2D eigenvalue weighted by atomic mass is 16.6. The molecule has 0 aliphatic heterocycles. The molecule has 0 radical (unpaired) electrons. The molecule has 0 saturated carbocycles. The van der Waals surface area contributed by atoms with Crippen LogP contribution in [-0.2, 0) is 28.6 Å². The summed E-state index contributed by atoms with van der Waals surface area (Å²) in [6.45, 7) is 6.49. The highest BCUT2D eigenvalue weighted by Crippen LogP contribution is 2.16. The molecule has 1 atom stereocenters. The van der Waals surface area contributed by atoms with Gasteiger partial charge < -0.3 is 14.2 Å². The first kappa shape index (κ1) is 78.8. The van der Waals surface area contributed by atoms with Gasteiger partial charge >= 0.3 is 17.9 Å². The van der Waals surface area contributed by atoms with E-state index in [1.54, 1.807) is 0 Å². The summed E-state index contributed by atoms with van der Waals surface area (Å²) in [7, 11) is 0. The van der Waals surface area contributed by atoms with Gasteiger partial charge in [-0.25, -0.2) is 0 Å². The average molecular weight is 1150 g/mol. The molecule has 0 aliphatic rings. The van der Waals surface area contributed by atoms with Crippen molar-refractivity contribution in [3.05, 3.63) is 122 Å². The van der Waals surface area contributed by atoms with Gasteiger partial charge in [-0.3, -0.25) is 14.4 Å². The van der Waals surface area contributed by atoms with E-state index in [2.05, 4.69) is 142 Å². The molecule has 0 amide bonds. The van der Waals surface area contributed by atoms with Crippen LogP contribution in [0.5, 0.6) is 0 Å². The van der Waals surface area contributed by atoms with E-state index in [0.29, 0.717) is 19.3 Å². The summed E-state index contributed by atoms with van der Waals surface area (Å²) < 4.78 is 17.0. The molecule has 0 fully saturated rings. The third-order valence-electron chi connectivity index (χ3n) is 14.9. The summed E-state index contributed by atoms with van der Waals surface area (Å²) in [5.74, 6) is -0.910. The Balaban J connectivity index is 4.39. The Kier molecular flexibility index (Phi) is 66.7. The highest BCUT2D eigenvalue weighted by Gasteiger charge is 2.19. The van der Waals surface area contributed by atoms with Crippen molar-refractivity contribution in [2.45, 2.75) is 335 Å². The maximum atomic E-state index is 13.0. The van der Waals surface area contributed by atoms with Crippen LogP contribution in [0.1, 0.15) is 329 Å². The molecule has 0 rings (SSSR count). The Morgan fingerprint density at radius 3 is 0.759 bits per heavy atom.